The third kappa shape index (κ3) is 2.29. The fraction of sp³-hybridized carbons (Fsp3) is 0.267. The third-order valence-corrected chi connectivity index (χ3v) is 3.38. The molecule has 0 saturated heterocycles. The van der Waals surface area contributed by atoms with Crippen LogP contribution < -0.4 is 0 Å². The van der Waals surface area contributed by atoms with Crippen LogP contribution in [-0.2, 0) is 13.0 Å². The molecule has 2 aromatic heterocycles. The first kappa shape index (κ1) is 13.4. The summed E-state index contributed by atoms with van der Waals surface area (Å²) in [6.45, 7) is 4.26. The number of benzene rings is 1. The van der Waals surface area contributed by atoms with Gasteiger partial charge in [0.15, 0.2) is 5.76 Å². The standard InChI is InChI=1S/C15H15N3O3/c1-3-13-16-12-6-4-5-11(15(19)20)14(12)18(13)8-10-7-9(2)17-21-10/h4-7H,3,8H2,1-2H3,(H,19,20). The van der Waals surface area contributed by atoms with Crippen LogP contribution in [0.2, 0.25) is 0 Å². The van der Waals surface area contributed by atoms with Crippen molar-refractivity contribution in [2.24, 2.45) is 0 Å². The van der Waals surface area contributed by atoms with Crippen molar-refractivity contribution in [3.8, 4) is 0 Å². The number of aromatic carboxylic acids is 1. The van der Waals surface area contributed by atoms with E-state index in [1.54, 1.807) is 12.1 Å². The van der Waals surface area contributed by atoms with E-state index in [0.717, 1.165) is 11.5 Å². The van der Waals surface area contributed by atoms with Crippen LogP contribution in [0, 0.1) is 6.92 Å². The van der Waals surface area contributed by atoms with Crippen LogP contribution in [-0.4, -0.2) is 25.8 Å². The summed E-state index contributed by atoms with van der Waals surface area (Å²) in [5.41, 5.74) is 2.35. The molecule has 0 fully saturated rings. The molecule has 3 rings (SSSR count). The zero-order valence-corrected chi connectivity index (χ0v) is 11.8. The summed E-state index contributed by atoms with van der Waals surface area (Å²) < 4.78 is 7.13. The molecular weight excluding hydrogens is 270 g/mol. The lowest BCUT2D eigenvalue weighted by atomic mass is 10.2. The topological polar surface area (TPSA) is 81.1 Å². The van der Waals surface area contributed by atoms with Crippen molar-refractivity contribution in [3.05, 3.63) is 47.1 Å². The highest BCUT2D eigenvalue weighted by molar-refractivity contribution is 6.01. The van der Waals surface area contributed by atoms with Gasteiger partial charge < -0.3 is 14.2 Å². The van der Waals surface area contributed by atoms with Gasteiger partial charge in [-0.15, -0.1) is 0 Å². The maximum atomic E-state index is 11.4. The Morgan fingerprint density at radius 1 is 1.43 bits per heavy atom. The Bertz CT molecular complexity index is 817. The molecule has 6 nitrogen and oxygen atoms in total. The number of aryl methyl sites for hydroxylation is 2. The number of imidazole rings is 1. The van der Waals surface area contributed by atoms with Crippen molar-refractivity contribution >= 4 is 17.0 Å². The smallest absolute Gasteiger partial charge is 0.337 e. The van der Waals surface area contributed by atoms with E-state index in [-0.39, 0.29) is 5.56 Å². The normalized spacial score (nSPS) is 11.1. The van der Waals surface area contributed by atoms with E-state index in [1.165, 1.54) is 0 Å². The van der Waals surface area contributed by atoms with Crippen molar-refractivity contribution in [2.45, 2.75) is 26.8 Å². The molecule has 0 aliphatic rings. The van der Waals surface area contributed by atoms with E-state index in [2.05, 4.69) is 10.1 Å². The Balaban J connectivity index is 2.20. The van der Waals surface area contributed by atoms with Gasteiger partial charge in [-0.3, -0.25) is 0 Å². The van der Waals surface area contributed by atoms with Gasteiger partial charge in [-0.25, -0.2) is 9.78 Å². The molecular formula is C15H15N3O3. The number of aromatic nitrogens is 3. The molecule has 0 bridgehead atoms. The molecule has 0 amide bonds. The zero-order chi connectivity index (χ0) is 15.0. The number of carboxylic acid groups (broad SMARTS) is 1. The highest BCUT2D eigenvalue weighted by atomic mass is 16.5. The summed E-state index contributed by atoms with van der Waals surface area (Å²) >= 11 is 0. The quantitative estimate of drug-likeness (QED) is 0.797. The number of fused-ring (bicyclic) bond motifs is 1. The van der Waals surface area contributed by atoms with Crippen LogP contribution in [0.25, 0.3) is 11.0 Å². The number of nitrogens with zero attached hydrogens (tertiary/aromatic N) is 3. The van der Waals surface area contributed by atoms with E-state index < -0.39 is 5.97 Å². The second kappa shape index (κ2) is 5.05. The van der Waals surface area contributed by atoms with Gasteiger partial charge in [-0.1, -0.05) is 18.1 Å². The molecule has 1 aromatic carbocycles. The molecule has 0 aliphatic carbocycles. The summed E-state index contributed by atoms with van der Waals surface area (Å²) in [4.78, 5) is 16.0. The molecule has 2 heterocycles. The van der Waals surface area contributed by atoms with Gasteiger partial charge in [0.1, 0.15) is 5.82 Å². The minimum atomic E-state index is -0.960. The second-order valence-electron chi connectivity index (χ2n) is 4.88. The predicted octanol–water partition coefficient (Wildman–Crippen LogP) is 2.64. The summed E-state index contributed by atoms with van der Waals surface area (Å²) in [7, 11) is 0. The average molecular weight is 285 g/mol. The molecule has 21 heavy (non-hydrogen) atoms. The van der Waals surface area contributed by atoms with Crippen molar-refractivity contribution < 1.29 is 14.4 Å². The highest BCUT2D eigenvalue weighted by Gasteiger charge is 2.18. The Morgan fingerprint density at radius 2 is 2.24 bits per heavy atom. The summed E-state index contributed by atoms with van der Waals surface area (Å²) in [5, 5.41) is 13.2. The molecule has 108 valence electrons. The third-order valence-electron chi connectivity index (χ3n) is 3.38. The highest BCUT2D eigenvalue weighted by Crippen LogP contribution is 2.22. The average Bonchev–Trinajstić information content (AvgIpc) is 3.03. The number of hydrogen-bond donors (Lipinski definition) is 1. The molecule has 6 heteroatoms. The first-order chi connectivity index (χ1) is 10.1. The lowest BCUT2D eigenvalue weighted by molar-refractivity contribution is 0.0698. The van der Waals surface area contributed by atoms with E-state index in [0.29, 0.717) is 29.8 Å². The van der Waals surface area contributed by atoms with Gasteiger partial charge in [-0.05, 0) is 19.1 Å². The molecule has 0 unspecified atom stereocenters. The van der Waals surface area contributed by atoms with Crippen molar-refractivity contribution in [3.63, 3.8) is 0 Å². The SMILES string of the molecule is CCc1nc2cccc(C(=O)O)c2n1Cc1cc(C)no1. The fourth-order valence-corrected chi connectivity index (χ4v) is 2.49. The molecule has 3 aromatic rings. The maximum Gasteiger partial charge on any atom is 0.337 e. The van der Waals surface area contributed by atoms with Crippen molar-refractivity contribution in [1.29, 1.82) is 0 Å². The monoisotopic (exact) mass is 285 g/mol. The van der Waals surface area contributed by atoms with Crippen LogP contribution in [0.4, 0.5) is 0 Å². The van der Waals surface area contributed by atoms with Gasteiger partial charge in [0.25, 0.3) is 0 Å². The van der Waals surface area contributed by atoms with Crippen molar-refractivity contribution in [1.82, 2.24) is 14.7 Å². The summed E-state index contributed by atoms with van der Waals surface area (Å²) in [5.74, 6) is 0.549. The molecule has 0 atom stereocenters. The van der Waals surface area contributed by atoms with Gasteiger partial charge in [-0.2, -0.15) is 0 Å². The zero-order valence-electron chi connectivity index (χ0n) is 11.8. The molecule has 0 saturated carbocycles. The van der Waals surface area contributed by atoms with E-state index >= 15 is 0 Å². The lowest BCUT2D eigenvalue weighted by Crippen LogP contribution is -2.07. The summed E-state index contributed by atoms with van der Waals surface area (Å²) in [6, 6.07) is 6.97. The van der Waals surface area contributed by atoms with Crippen LogP contribution >= 0.6 is 0 Å². The van der Waals surface area contributed by atoms with Crippen LogP contribution in [0.3, 0.4) is 0 Å². The number of hydrogen-bond acceptors (Lipinski definition) is 4. The first-order valence-corrected chi connectivity index (χ1v) is 6.73. The largest absolute Gasteiger partial charge is 0.478 e. The van der Waals surface area contributed by atoms with Crippen LogP contribution in [0.5, 0.6) is 0 Å². The Morgan fingerprint density at radius 3 is 2.86 bits per heavy atom. The second-order valence-corrected chi connectivity index (χ2v) is 4.88. The number of para-hydroxylation sites is 1. The number of carboxylic acids is 1. The molecule has 0 spiro atoms. The Labute approximate surface area is 121 Å². The van der Waals surface area contributed by atoms with E-state index in [9.17, 15) is 9.90 Å². The fourth-order valence-electron chi connectivity index (χ4n) is 2.49. The number of rotatable bonds is 4. The van der Waals surface area contributed by atoms with Gasteiger partial charge >= 0.3 is 5.97 Å². The minimum absolute atomic E-state index is 0.246. The van der Waals surface area contributed by atoms with Gasteiger partial charge in [0, 0.05) is 12.5 Å². The first-order valence-electron chi connectivity index (χ1n) is 6.73. The molecule has 1 N–H and O–H groups in total. The number of carbonyl (C=O) groups is 1. The Hall–Kier alpha value is -2.63. The van der Waals surface area contributed by atoms with E-state index in [4.69, 9.17) is 4.52 Å². The molecule has 0 aliphatic heterocycles. The van der Waals surface area contributed by atoms with Crippen LogP contribution in [0.1, 0.15) is 34.6 Å². The molecule has 0 radical (unpaired) electrons. The minimum Gasteiger partial charge on any atom is -0.478 e. The predicted molar refractivity (Wildman–Crippen MR) is 76.4 cm³/mol. The lowest BCUT2D eigenvalue weighted by Gasteiger charge is -2.07. The van der Waals surface area contributed by atoms with Gasteiger partial charge in [0.2, 0.25) is 0 Å². The summed E-state index contributed by atoms with van der Waals surface area (Å²) in [6.07, 6.45) is 0.709. The Kier molecular flexibility index (Phi) is 3.21. The van der Waals surface area contributed by atoms with Gasteiger partial charge in [0.05, 0.1) is 28.8 Å². The maximum absolute atomic E-state index is 11.4. The van der Waals surface area contributed by atoms with Crippen LogP contribution in [0.15, 0.2) is 28.8 Å². The van der Waals surface area contributed by atoms with Crippen molar-refractivity contribution in [2.75, 3.05) is 0 Å². The van der Waals surface area contributed by atoms with E-state index in [1.807, 2.05) is 30.5 Å².